The molecule has 0 amide bonds. The molecule has 0 aliphatic carbocycles. The number of aromatic amines is 1. The molecule has 0 saturated heterocycles. The number of hydrogen-bond acceptors (Lipinski definition) is 2. The molecule has 0 atom stereocenters. The van der Waals surface area contributed by atoms with E-state index in [0.717, 1.165) is 6.07 Å². The van der Waals surface area contributed by atoms with Crippen LogP contribution >= 0.6 is 15.9 Å². The third-order valence-corrected chi connectivity index (χ3v) is 1.73. The Balaban J connectivity index is 3.38. The summed E-state index contributed by atoms with van der Waals surface area (Å²) in [5.74, 6) is 0. The van der Waals surface area contributed by atoms with Gasteiger partial charge in [-0.2, -0.15) is 0 Å². The predicted octanol–water partition coefficient (Wildman–Crippen LogP) is 1.66. The molecule has 0 radical (unpaired) electrons. The van der Waals surface area contributed by atoms with Crippen LogP contribution in [0.1, 0.15) is 12.0 Å². The first-order chi connectivity index (χ1) is 5.52. The zero-order valence-corrected chi connectivity index (χ0v) is 7.36. The molecule has 0 saturated carbocycles. The van der Waals surface area contributed by atoms with E-state index in [-0.39, 0.29) is 4.60 Å². The molecule has 0 spiro atoms. The summed E-state index contributed by atoms with van der Waals surface area (Å²) in [4.78, 5) is 13.1. The molecule has 0 fully saturated rings. The molecular weight excluding hydrogens is 234 g/mol. The van der Waals surface area contributed by atoms with Gasteiger partial charge in [-0.05, 0) is 22.0 Å². The van der Waals surface area contributed by atoms with Crippen LogP contribution in [0.5, 0.6) is 0 Å². The Bertz CT molecular complexity index is 350. The fourth-order valence-corrected chi connectivity index (χ4v) is 1.16. The van der Waals surface area contributed by atoms with Crippen LogP contribution in [0.3, 0.4) is 0 Å². The normalized spacial score (nSPS) is 10.7. The van der Waals surface area contributed by atoms with Crippen LogP contribution in [0.15, 0.2) is 15.5 Å². The second kappa shape index (κ2) is 3.22. The maximum absolute atomic E-state index is 12.1. The molecule has 1 rings (SSSR count). The molecule has 66 valence electrons. The highest BCUT2D eigenvalue weighted by Crippen LogP contribution is 2.23. The van der Waals surface area contributed by atoms with Crippen LogP contribution in [0.4, 0.5) is 14.5 Å². The summed E-state index contributed by atoms with van der Waals surface area (Å²) < 4.78 is 24.5. The standard InChI is InChI=1S/C6H5BrF2N2O/c7-3-1-2(5(8)9)4(10)6(12)11-3/h1,5H,10H2,(H,11,12). The molecule has 0 bridgehead atoms. The van der Waals surface area contributed by atoms with Gasteiger partial charge in [-0.15, -0.1) is 0 Å². The summed E-state index contributed by atoms with van der Waals surface area (Å²) in [5, 5.41) is 0. The van der Waals surface area contributed by atoms with Crippen molar-refractivity contribution in [3.05, 3.63) is 26.6 Å². The highest BCUT2D eigenvalue weighted by Gasteiger charge is 2.14. The van der Waals surface area contributed by atoms with Crippen molar-refractivity contribution < 1.29 is 8.78 Å². The van der Waals surface area contributed by atoms with E-state index < -0.39 is 23.2 Å². The van der Waals surface area contributed by atoms with Gasteiger partial charge in [0, 0.05) is 5.56 Å². The molecule has 3 N–H and O–H groups in total. The van der Waals surface area contributed by atoms with Crippen molar-refractivity contribution in [2.24, 2.45) is 0 Å². The first kappa shape index (κ1) is 9.18. The zero-order valence-electron chi connectivity index (χ0n) is 5.77. The van der Waals surface area contributed by atoms with Crippen molar-refractivity contribution in [1.29, 1.82) is 0 Å². The van der Waals surface area contributed by atoms with Gasteiger partial charge in [0.15, 0.2) is 0 Å². The van der Waals surface area contributed by atoms with E-state index in [1.54, 1.807) is 0 Å². The van der Waals surface area contributed by atoms with Crippen LogP contribution in [0.25, 0.3) is 0 Å². The van der Waals surface area contributed by atoms with Crippen molar-refractivity contribution in [3.63, 3.8) is 0 Å². The first-order valence-electron chi connectivity index (χ1n) is 2.98. The van der Waals surface area contributed by atoms with Gasteiger partial charge >= 0.3 is 0 Å². The van der Waals surface area contributed by atoms with Gasteiger partial charge in [0.2, 0.25) is 0 Å². The number of anilines is 1. The van der Waals surface area contributed by atoms with Gasteiger partial charge < -0.3 is 10.7 Å². The Morgan fingerprint density at radius 3 is 2.67 bits per heavy atom. The number of alkyl halides is 2. The minimum Gasteiger partial charge on any atom is -0.394 e. The molecule has 1 aromatic heterocycles. The smallest absolute Gasteiger partial charge is 0.272 e. The quantitative estimate of drug-likeness (QED) is 0.732. The highest BCUT2D eigenvalue weighted by molar-refractivity contribution is 9.10. The van der Waals surface area contributed by atoms with Crippen LogP contribution in [0, 0.1) is 0 Å². The third-order valence-electron chi connectivity index (χ3n) is 1.31. The summed E-state index contributed by atoms with van der Waals surface area (Å²) in [5.41, 5.74) is 3.51. The Labute approximate surface area is 74.7 Å². The lowest BCUT2D eigenvalue weighted by molar-refractivity contribution is 0.152. The van der Waals surface area contributed by atoms with Crippen molar-refractivity contribution in [1.82, 2.24) is 4.98 Å². The van der Waals surface area contributed by atoms with E-state index >= 15 is 0 Å². The lowest BCUT2D eigenvalue weighted by Gasteiger charge is -2.02. The van der Waals surface area contributed by atoms with Gasteiger partial charge in [0.25, 0.3) is 12.0 Å². The molecule has 12 heavy (non-hydrogen) atoms. The largest absolute Gasteiger partial charge is 0.394 e. The number of hydrogen-bond donors (Lipinski definition) is 2. The number of aromatic nitrogens is 1. The number of nitrogens with two attached hydrogens (primary N) is 1. The summed E-state index contributed by atoms with van der Waals surface area (Å²) in [7, 11) is 0. The average molecular weight is 239 g/mol. The van der Waals surface area contributed by atoms with Crippen LogP contribution < -0.4 is 11.3 Å². The van der Waals surface area contributed by atoms with Gasteiger partial charge in [-0.3, -0.25) is 4.79 Å². The van der Waals surface area contributed by atoms with Crippen molar-refractivity contribution in [3.8, 4) is 0 Å². The predicted molar refractivity (Wildman–Crippen MR) is 44.1 cm³/mol. The van der Waals surface area contributed by atoms with E-state index in [9.17, 15) is 13.6 Å². The topological polar surface area (TPSA) is 58.9 Å². The van der Waals surface area contributed by atoms with E-state index in [1.165, 1.54) is 0 Å². The van der Waals surface area contributed by atoms with E-state index in [2.05, 4.69) is 20.9 Å². The molecule has 3 nitrogen and oxygen atoms in total. The second-order valence-electron chi connectivity index (χ2n) is 2.12. The van der Waals surface area contributed by atoms with Crippen LogP contribution in [-0.2, 0) is 0 Å². The minimum atomic E-state index is -2.73. The van der Waals surface area contributed by atoms with Crippen molar-refractivity contribution >= 4 is 21.6 Å². The molecule has 6 heteroatoms. The highest BCUT2D eigenvalue weighted by atomic mass is 79.9. The van der Waals surface area contributed by atoms with Crippen molar-refractivity contribution in [2.75, 3.05) is 5.73 Å². The lowest BCUT2D eigenvalue weighted by atomic mass is 10.2. The lowest BCUT2D eigenvalue weighted by Crippen LogP contribution is -2.14. The van der Waals surface area contributed by atoms with E-state index in [1.807, 2.05) is 0 Å². The molecule has 0 aliphatic rings. The van der Waals surface area contributed by atoms with Crippen LogP contribution in [-0.4, -0.2) is 4.98 Å². The minimum absolute atomic E-state index is 0.192. The Hall–Kier alpha value is -0.910. The number of nitrogens with one attached hydrogen (secondary N) is 1. The summed E-state index contributed by atoms with van der Waals surface area (Å²) in [6.07, 6.45) is -2.73. The Morgan fingerprint density at radius 1 is 1.58 bits per heavy atom. The van der Waals surface area contributed by atoms with Gasteiger partial charge in [0.1, 0.15) is 5.69 Å². The summed E-state index contributed by atoms with van der Waals surface area (Å²) in [6, 6.07) is 1.08. The van der Waals surface area contributed by atoms with Crippen molar-refractivity contribution in [2.45, 2.75) is 6.43 Å². The molecule has 1 aromatic rings. The number of H-pyrrole nitrogens is 1. The number of rotatable bonds is 1. The third kappa shape index (κ3) is 1.63. The Morgan fingerprint density at radius 2 is 2.17 bits per heavy atom. The molecular formula is C6H5BrF2N2O. The molecule has 0 unspecified atom stereocenters. The van der Waals surface area contributed by atoms with Crippen LogP contribution in [0.2, 0.25) is 0 Å². The van der Waals surface area contributed by atoms with E-state index in [0.29, 0.717) is 0 Å². The maximum Gasteiger partial charge on any atom is 0.272 e. The summed E-state index contributed by atoms with van der Waals surface area (Å²) in [6.45, 7) is 0. The van der Waals surface area contributed by atoms with Gasteiger partial charge in [-0.1, -0.05) is 0 Å². The fourth-order valence-electron chi connectivity index (χ4n) is 0.738. The summed E-state index contributed by atoms with van der Waals surface area (Å²) >= 11 is 2.87. The Kier molecular flexibility index (Phi) is 2.46. The number of pyridine rings is 1. The average Bonchev–Trinajstić information content (AvgIpc) is 1.96. The second-order valence-corrected chi connectivity index (χ2v) is 2.97. The van der Waals surface area contributed by atoms with E-state index in [4.69, 9.17) is 5.73 Å². The monoisotopic (exact) mass is 238 g/mol. The van der Waals surface area contributed by atoms with Gasteiger partial charge in [-0.25, -0.2) is 8.78 Å². The molecule has 0 aliphatic heterocycles. The first-order valence-corrected chi connectivity index (χ1v) is 3.78. The zero-order chi connectivity index (χ0) is 9.30. The molecule has 0 aromatic carbocycles. The SMILES string of the molecule is Nc1c(C(F)F)cc(Br)[nH]c1=O. The van der Waals surface area contributed by atoms with Gasteiger partial charge in [0.05, 0.1) is 4.60 Å². The number of halogens is 3. The molecule has 1 heterocycles. The fraction of sp³-hybridized carbons (Fsp3) is 0.167. The maximum atomic E-state index is 12.1. The number of nitrogen functional groups attached to an aromatic ring is 1.